The van der Waals surface area contributed by atoms with Crippen LogP contribution in [0.1, 0.15) is 29.6 Å². The number of carbonyl (C=O) groups is 2. The predicted molar refractivity (Wildman–Crippen MR) is 93.2 cm³/mol. The largest absolute Gasteiger partial charge is 0.481 e. The molecule has 1 fully saturated rings. The second kappa shape index (κ2) is 7.53. The molecule has 0 saturated heterocycles. The van der Waals surface area contributed by atoms with Crippen LogP contribution < -0.4 is 5.32 Å². The molecular weight excluding hydrogens is 322 g/mol. The van der Waals surface area contributed by atoms with Crippen LogP contribution in [0.5, 0.6) is 0 Å². The highest BCUT2D eigenvalue weighted by Crippen LogP contribution is 2.31. The molecule has 1 aliphatic rings. The van der Waals surface area contributed by atoms with E-state index in [2.05, 4.69) is 5.32 Å². The highest BCUT2D eigenvalue weighted by atomic mass is 32.2. The van der Waals surface area contributed by atoms with E-state index in [1.165, 1.54) is 0 Å². The Morgan fingerprint density at radius 3 is 2.42 bits per heavy atom. The maximum absolute atomic E-state index is 12.6. The van der Waals surface area contributed by atoms with E-state index in [4.69, 9.17) is 5.11 Å². The number of hydrogen-bond acceptors (Lipinski definition) is 3. The number of hydrogen-bond donors (Lipinski definition) is 2. The van der Waals surface area contributed by atoms with Gasteiger partial charge in [0.2, 0.25) is 0 Å². The number of carboxylic acids is 1. The molecule has 0 bridgehead atoms. The van der Waals surface area contributed by atoms with Crippen molar-refractivity contribution in [1.29, 1.82) is 0 Å². The predicted octanol–water partition coefficient (Wildman–Crippen LogP) is 3.82. The minimum atomic E-state index is -0.771. The molecule has 2 aromatic carbocycles. The molecule has 0 heterocycles. The van der Waals surface area contributed by atoms with Crippen LogP contribution in [0, 0.1) is 5.92 Å². The summed E-state index contributed by atoms with van der Waals surface area (Å²) in [6.07, 6.45) is 1.85. The maximum Gasteiger partial charge on any atom is 0.306 e. The topological polar surface area (TPSA) is 66.4 Å². The van der Waals surface area contributed by atoms with Crippen LogP contribution in [0.15, 0.2) is 64.4 Å². The first kappa shape index (κ1) is 16.6. The Morgan fingerprint density at radius 2 is 1.71 bits per heavy atom. The van der Waals surface area contributed by atoms with E-state index in [9.17, 15) is 9.59 Å². The zero-order chi connectivity index (χ0) is 16.9. The van der Waals surface area contributed by atoms with Crippen LogP contribution in [0.2, 0.25) is 0 Å². The summed E-state index contributed by atoms with van der Waals surface area (Å²) in [5, 5.41) is 12.1. The quantitative estimate of drug-likeness (QED) is 0.867. The molecule has 4 nitrogen and oxygen atoms in total. The van der Waals surface area contributed by atoms with E-state index < -0.39 is 5.97 Å². The van der Waals surface area contributed by atoms with Gasteiger partial charge in [0.05, 0.1) is 11.5 Å². The Hall–Kier alpha value is -2.27. The molecule has 0 spiro atoms. The van der Waals surface area contributed by atoms with Crippen molar-refractivity contribution in [3.05, 3.63) is 60.2 Å². The fraction of sp³-hybridized carbons (Fsp3) is 0.263. The molecule has 124 valence electrons. The van der Waals surface area contributed by atoms with Gasteiger partial charge in [-0.1, -0.05) is 42.1 Å². The Morgan fingerprint density at radius 1 is 1.00 bits per heavy atom. The van der Waals surface area contributed by atoms with E-state index in [-0.39, 0.29) is 17.9 Å². The molecule has 0 radical (unpaired) electrons. The lowest BCUT2D eigenvalue weighted by atomic mass is 10.1. The van der Waals surface area contributed by atoms with Crippen LogP contribution in [-0.2, 0) is 4.79 Å². The van der Waals surface area contributed by atoms with Crippen molar-refractivity contribution >= 4 is 23.6 Å². The van der Waals surface area contributed by atoms with E-state index in [0.717, 1.165) is 16.2 Å². The molecule has 1 aliphatic carbocycles. The van der Waals surface area contributed by atoms with Gasteiger partial charge < -0.3 is 10.4 Å². The van der Waals surface area contributed by atoms with Gasteiger partial charge in [-0.25, -0.2) is 0 Å². The van der Waals surface area contributed by atoms with Crippen LogP contribution in [0.25, 0.3) is 0 Å². The highest BCUT2D eigenvalue weighted by Gasteiger charge is 2.30. The van der Waals surface area contributed by atoms with Gasteiger partial charge in [0.1, 0.15) is 0 Å². The summed E-state index contributed by atoms with van der Waals surface area (Å²) >= 11 is 1.55. The van der Waals surface area contributed by atoms with Gasteiger partial charge in [0, 0.05) is 15.8 Å². The Kier molecular flexibility index (Phi) is 5.20. The van der Waals surface area contributed by atoms with Crippen molar-refractivity contribution in [2.45, 2.75) is 35.1 Å². The SMILES string of the molecule is O=C(N[C@H]1CC[C@@H](C(=O)O)C1)c1ccccc1Sc1ccccc1. The highest BCUT2D eigenvalue weighted by molar-refractivity contribution is 7.99. The monoisotopic (exact) mass is 341 g/mol. The second-order valence-electron chi connectivity index (χ2n) is 5.93. The summed E-state index contributed by atoms with van der Waals surface area (Å²) in [4.78, 5) is 25.6. The standard InChI is InChI=1S/C19H19NO3S/c21-18(20-14-11-10-13(12-14)19(22)23)16-8-4-5-9-17(16)24-15-6-2-1-3-7-15/h1-9,13-14H,10-12H2,(H,20,21)(H,22,23)/t13-,14+/m1/s1. The Balaban J connectivity index is 1.70. The lowest BCUT2D eigenvalue weighted by Gasteiger charge is -2.14. The summed E-state index contributed by atoms with van der Waals surface area (Å²) in [5.41, 5.74) is 0.630. The summed E-state index contributed by atoms with van der Waals surface area (Å²) in [6.45, 7) is 0. The molecule has 2 atom stereocenters. The third-order valence-electron chi connectivity index (χ3n) is 4.22. The third-order valence-corrected chi connectivity index (χ3v) is 5.30. The lowest BCUT2D eigenvalue weighted by molar-refractivity contribution is -0.141. The summed E-state index contributed by atoms with van der Waals surface area (Å²) in [5.74, 6) is -1.25. The van der Waals surface area contributed by atoms with E-state index in [1.54, 1.807) is 11.8 Å². The van der Waals surface area contributed by atoms with Crippen molar-refractivity contribution in [3.63, 3.8) is 0 Å². The average Bonchev–Trinajstić information content (AvgIpc) is 3.05. The molecule has 3 rings (SSSR count). The molecule has 5 heteroatoms. The Labute approximate surface area is 145 Å². The molecule has 2 N–H and O–H groups in total. The van der Waals surface area contributed by atoms with Crippen molar-refractivity contribution in [2.24, 2.45) is 5.92 Å². The number of amides is 1. The summed E-state index contributed by atoms with van der Waals surface area (Å²) < 4.78 is 0. The van der Waals surface area contributed by atoms with Gasteiger partial charge in [-0.2, -0.15) is 0 Å². The number of carbonyl (C=O) groups excluding carboxylic acids is 1. The average molecular weight is 341 g/mol. The van der Waals surface area contributed by atoms with Crippen molar-refractivity contribution in [1.82, 2.24) is 5.32 Å². The van der Waals surface area contributed by atoms with Gasteiger partial charge in [0.25, 0.3) is 5.91 Å². The molecule has 0 aromatic heterocycles. The van der Waals surface area contributed by atoms with Gasteiger partial charge >= 0.3 is 5.97 Å². The number of rotatable bonds is 5. The molecule has 0 unspecified atom stereocenters. The van der Waals surface area contributed by atoms with Crippen molar-refractivity contribution in [3.8, 4) is 0 Å². The number of carboxylic acid groups (broad SMARTS) is 1. The first-order chi connectivity index (χ1) is 11.6. The van der Waals surface area contributed by atoms with Gasteiger partial charge in [0.15, 0.2) is 0 Å². The fourth-order valence-electron chi connectivity index (χ4n) is 2.96. The van der Waals surface area contributed by atoms with Gasteiger partial charge in [-0.15, -0.1) is 0 Å². The molecule has 1 saturated carbocycles. The number of aliphatic carboxylic acids is 1. The number of benzene rings is 2. The third kappa shape index (κ3) is 3.97. The van der Waals surface area contributed by atoms with Gasteiger partial charge in [-0.3, -0.25) is 9.59 Å². The normalized spacial score (nSPS) is 19.8. The summed E-state index contributed by atoms with van der Waals surface area (Å²) in [7, 11) is 0. The van der Waals surface area contributed by atoms with Crippen molar-refractivity contribution in [2.75, 3.05) is 0 Å². The first-order valence-corrected chi connectivity index (χ1v) is 8.80. The minimum absolute atomic E-state index is 0.0617. The maximum atomic E-state index is 12.6. The summed E-state index contributed by atoms with van der Waals surface area (Å²) in [6, 6.07) is 17.4. The second-order valence-corrected chi connectivity index (χ2v) is 7.05. The fourth-order valence-corrected chi connectivity index (χ4v) is 3.92. The Bertz CT molecular complexity index is 732. The molecule has 24 heavy (non-hydrogen) atoms. The molecule has 0 aliphatic heterocycles. The zero-order valence-corrected chi connectivity index (χ0v) is 14.0. The minimum Gasteiger partial charge on any atom is -0.481 e. The molecule has 2 aromatic rings. The van der Waals surface area contributed by atoms with E-state index in [1.807, 2.05) is 54.6 Å². The van der Waals surface area contributed by atoms with Crippen LogP contribution in [-0.4, -0.2) is 23.0 Å². The van der Waals surface area contributed by atoms with E-state index in [0.29, 0.717) is 18.4 Å². The molecule has 1 amide bonds. The first-order valence-electron chi connectivity index (χ1n) is 7.99. The van der Waals surface area contributed by atoms with Crippen LogP contribution in [0.4, 0.5) is 0 Å². The van der Waals surface area contributed by atoms with Gasteiger partial charge in [-0.05, 0) is 43.5 Å². The van der Waals surface area contributed by atoms with Crippen LogP contribution in [0.3, 0.4) is 0 Å². The number of nitrogens with one attached hydrogen (secondary N) is 1. The van der Waals surface area contributed by atoms with Crippen LogP contribution >= 0.6 is 11.8 Å². The van der Waals surface area contributed by atoms with E-state index >= 15 is 0 Å². The lowest BCUT2D eigenvalue weighted by Crippen LogP contribution is -2.33. The molecular formula is C19H19NO3S. The smallest absolute Gasteiger partial charge is 0.306 e. The van der Waals surface area contributed by atoms with Crippen molar-refractivity contribution < 1.29 is 14.7 Å². The zero-order valence-electron chi connectivity index (χ0n) is 13.1.